The van der Waals surface area contributed by atoms with Gasteiger partial charge in [-0.05, 0) is 31.0 Å². The fourth-order valence-electron chi connectivity index (χ4n) is 1.63. The molecule has 2 N–H and O–H groups in total. The number of nitrogens with one attached hydrogen (secondary N) is 2. The minimum absolute atomic E-state index is 0.330. The molecular formula is C12H19ClN2O2S. The SMILES string of the molecule is CCC(CC)Nc1cc(NS(C)(=O)=O)ccc1Cl. The average Bonchev–Trinajstić information content (AvgIpc) is 2.28. The van der Waals surface area contributed by atoms with E-state index >= 15 is 0 Å². The van der Waals surface area contributed by atoms with Crippen LogP contribution in [0.4, 0.5) is 11.4 Å². The maximum atomic E-state index is 11.2. The lowest BCUT2D eigenvalue weighted by molar-refractivity contribution is 0.607. The van der Waals surface area contributed by atoms with Gasteiger partial charge < -0.3 is 5.32 Å². The van der Waals surface area contributed by atoms with Gasteiger partial charge >= 0.3 is 0 Å². The quantitative estimate of drug-likeness (QED) is 0.845. The van der Waals surface area contributed by atoms with Crippen LogP contribution in [0.1, 0.15) is 26.7 Å². The van der Waals surface area contributed by atoms with Gasteiger partial charge in [-0.15, -0.1) is 0 Å². The number of anilines is 2. The highest BCUT2D eigenvalue weighted by molar-refractivity contribution is 7.92. The van der Waals surface area contributed by atoms with Gasteiger partial charge in [0.2, 0.25) is 10.0 Å². The van der Waals surface area contributed by atoms with E-state index in [0.29, 0.717) is 16.8 Å². The van der Waals surface area contributed by atoms with Crippen LogP contribution in [0.15, 0.2) is 18.2 Å². The zero-order valence-corrected chi connectivity index (χ0v) is 12.4. The molecule has 0 amide bonds. The van der Waals surface area contributed by atoms with E-state index in [1.54, 1.807) is 18.2 Å². The number of hydrogen-bond donors (Lipinski definition) is 2. The van der Waals surface area contributed by atoms with Gasteiger partial charge in [0.05, 0.1) is 22.7 Å². The zero-order chi connectivity index (χ0) is 13.8. The molecule has 0 atom stereocenters. The van der Waals surface area contributed by atoms with Crippen molar-refractivity contribution in [3.05, 3.63) is 23.2 Å². The van der Waals surface area contributed by atoms with Crippen molar-refractivity contribution < 1.29 is 8.42 Å². The molecular weight excluding hydrogens is 272 g/mol. The molecule has 0 spiro atoms. The summed E-state index contributed by atoms with van der Waals surface area (Å²) in [6.45, 7) is 4.18. The van der Waals surface area contributed by atoms with E-state index in [0.717, 1.165) is 24.8 Å². The summed E-state index contributed by atoms with van der Waals surface area (Å²) in [5.74, 6) is 0. The zero-order valence-electron chi connectivity index (χ0n) is 10.8. The minimum atomic E-state index is -3.27. The van der Waals surface area contributed by atoms with Gasteiger partial charge in [-0.25, -0.2) is 8.42 Å². The van der Waals surface area contributed by atoms with E-state index in [2.05, 4.69) is 23.9 Å². The van der Waals surface area contributed by atoms with Gasteiger partial charge in [0.25, 0.3) is 0 Å². The first-order valence-electron chi connectivity index (χ1n) is 5.89. The van der Waals surface area contributed by atoms with E-state index in [1.807, 2.05) is 0 Å². The largest absolute Gasteiger partial charge is 0.381 e. The molecule has 0 bridgehead atoms. The van der Waals surface area contributed by atoms with Crippen molar-refractivity contribution in [2.75, 3.05) is 16.3 Å². The van der Waals surface area contributed by atoms with Gasteiger partial charge in [-0.2, -0.15) is 0 Å². The Morgan fingerprint density at radius 3 is 2.39 bits per heavy atom. The molecule has 102 valence electrons. The van der Waals surface area contributed by atoms with Gasteiger partial charge in [0, 0.05) is 6.04 Å². The second kappa shape index (κ2) is 6.29. The highest BCUT2D eigenvalue weighted by Crippen LogP contribution is 2.27. The van der Waals surface area contributed by atoms with Gasteiger partial charge in [-0.3, -0.25) is 4.72 Å². The fourth-order valence-corrected chi connectivity index (χ4v) is 2.35. The third kappa shape index (κ3) is 4.74. The third-order valence-electron chi connectivity index (χ3n) is 2.61. The fraction of sp³-hybridized carbons (Fsp3) is 0.500. The van der Waals surface area contributed by atoms with Crippen LogP contribution >= 0.6 is 11.6 Å². The van der Waals surface area contributed by atoms with E-state index < -0.39 is 10.0 Å². The highest BCUT2D eigenvalue weighted by atomic mass is 35.5. The Kier molecular flexibility index (Phi) is 5.28. The molecule has 1 aromatic rings. The van der Waals surface area contributed by atoms with Crippen molar-refractivity contribution in [1.29, 1.82) is 0 Å². The van der Waals surface area contributed by atoms with Crippen LogP contribution in [0, 0.1) is 0 Å². The van der Waals surface area contributed by atoms with Crippen LogP contribution in [0.2, 0.25) is 5.02 Å². The summed E-state index contributed by atoms with van der Waals surface area (Å²) in [4.78, 5) is 0. The Labute approximate surface area is 114 Å². The molecule has 18 heavy (non-hydrogen) atoms. The van der Waals surface area contributed by atoms with Crippen LogP contribution < -0.4 is 10.0 Å². The smallest absolute Gasteiger partial charge is 0.229 e. The number of hydrogen-bond acceptors (Lipinski definition) is 3. The molecule has 0 aliphatic heterocycles. The summed E-state index contributed by atoms with van der Waals surface area (Å²) in [5.41, 5.74) is 1.26. The van der Waals surface area contributed by atoms with Crippen LogP contribution in [0.5, 0.6) is 0 Å². The van der Waals surface area contributed by atoms with E-state index in [1.165, 1.54) is 0 Å². The first kappa shape index (κ1) is 15.1. The van der Waals surface area contributed by atoms with Crippen LogP contribution in [-0.4, -0.2) is 20.7 Å². The number of sulfonamides is 1. The van der Waals surface area contributed by atoms with Crippen molar-refractivity contribution in [2.24, 2.45) is 0 Å². The third-order valence-corrected chi connectivity index (χ3v) is 3.55. The monoisotopic (exact) mass is 290 g/mol. The van der Waals surface area contributed by atoms with Gasteiger partial charge in [0.1, 0.15) is 0 Å². The Bertz CT molecular complexity index is 499. The lowest BCUT2D eigenvalue weighted by Crippen LogP contribution is -2.17. The standard InChI is InChI=1S/C12H19ClN2O2S/c1-4-9(5-2)14-12-8-10(6-7-11(12)13)15-18(3,16)17/h6-9,14-15H,4-5H2,1-3H3. The Hall–Kier alpha value is -0.940. The van der Waals surface area contributed by atoms with Crippen molar-refractivity contribution in [1.82, 2.24) is 0 Å². The molecule has 0 aliphatic rings. The van der Waals surface area contributed by atoms with Gasteiger partial charge in [0.15, 0.2) is 0 Å². The lowest BCUT2D eigenvalue weighted by Gasteiger charge is -2.18. The normalized spacial score (nSPS) is 11.6. The van der Waals surface area contributed by atoms with E-state index in [9.17, 15) is 8.42 Å². The first-order valence-corrected chi connectivity index (χ1v) is 8.16. The molecule has 0 saturated carbocycles. The van der Waals surface area contributed by atoms with Crippen molar-refractivity contribution in [2.45, 2.75) is 32.7 Å². The molecule has 0 aliphatic carbocycles. The van der Waals surface area contributed by atoms with E-state index in [-0.39, 0.29) is 0 Å². The minimum Gasteiger partial charge on any atom is -0.381 e. The number of benzene rings is 1. The molecule has 1 rings (SSSR count). The van der Waals surface area contributed by atoms with Crippen LogP contribution in [-0.2, 0) is 10.0 Å². The lowest BCUT2D eigenvalue weighted by atomic mass is 10.1. The Morgan fingerprint density at radius 2 is 1.89 bits per heavy atom. The summed E-state index contributed by atoms with van der Waals surface area (Å²) in [6, 6.07) is 5.36. The highest BCUT2D eigenvalue weighted by Gasteiger charge is 2.09. The molecule has 4 nitrogen and oxygen atoms in total. The average molecular weight is 291 g/mol. The van der Waals surface area contributed by atoms with Crippen LogP contribution in [0.3, 0.4) is 0 Å². The summed E-state index contributed by atoms with van der Waals surface area (Å²) < 4.78 is 24.8. The predicted octanol–water partition coefficient (Wildman–Crippen LogP) is 3.31. The number of halogens is 1. The molecule has 0 saturated heterocycles. The molecule has 6 heteroatoms. The maximum Gasteiger partial charge on any atom is 0.229 e. The summed E-state index contributed by atoms with van der Waals surface area (Å²) >= 11 is 6.09. The Morgan fingerprint density at radius 1 is 1.28 bits per heavy atom. The molecule has 0 aromatic heterocycles. The number of rotatable bonds is 6. The molecule has 1 aromatic carbocycles. The molecule has 0 heterocycles. The Balaban J connectivity index is 2.94. The first-order chi connectivity index (χ1) is 8.35. The summed E-state index contributed by atoms with van der Waals surface area (Å²) in [7, 11) is -3.27. The predicted molar refractivity (Wildman–Crippen MR) is 77.9 cm³/mol. The molecule has 0 fully saturated rings. The van der Waals surface area contributed by atoms with E-state index in [4.69, 9.17) is 11.6 Å². The second-order valence-corrected chi connectivity index (χ2v) is 6.38. The maximum absolute atomic E-state index is 11.2. The summed E-state index contributed by atoms with van der Waals surface area (Å²) in [6.07, 6.45) is 3.09. The molecule has 0 unspecified atom stereocenters. The summed E-state index contributed by atoms with van der Waals surface area (Å²) in [5, 5.41) is 3.89. The topological polar surface area (TPSA) is 58.2 Å². The molecule has 0 radical (unpaired) electrons. The van der Waals surface area contributed by atoms with Crippen LogP contribution in [0.25, 0.3) is 0 Å². The van der Waals surface area contributed by atoms with Crippen molar-refractivity contribution >= 4 is 33.0 Å². The van der Waals surface area contributed by atoms with Crippen molar-refractivity contribution in [3.63, 3.8) is 0 Å². The van der Waals surface area contributed by atoms with Crippen molar-refractivity contribution in [3.8, 4) is 0 Å². The second-order valence-electron chi connectivity index (χ2n) is 4.23. The van der Waals surface area contributed by atoms with Gasteiger partial charge in [-0.1, -0.05) is 25.4 Å².